The van der Waals surface area contributed by atoms with Gasteiger partial charge in [0.15, 0.2) is 0 Å². The fourth-order valence-corrected chi connectivity index (χ4v) is 1.84. The molecular formula is C14H12BrN3O. The number of amides is 1. The summed E-state index contributed by atoms with van der Waals surface area (Å²) in [5.41, 5.74) is 4.68. The molecule has 96 valence electrons. The van der Waals surface area contributed by atoms with Crippen LogP contribution in [0.25, 0.3) is 0 Å². The van der Waals surface area contributed by atoms with E-state index in [1.165, 1.54) is 6.20 Å². The van der Waals surface area contributed by atoms with Gasteiger partial charge in [0.2, 0.25) is 0 Å². The van der Waals surface area contributed by atoms with E-state index >= 15 is 0 Å². The number of hydrogen-bond acceptors (Lipinski definition) is 3. The summed E-state index contributed by atoms with van der Waals surface area (Å²) in [7, 11) is 0. The Bertz CT molecular complexity index is 611. The summed E-state index contributed by atoms with van der Waals surface area (Å²) in [5, 5.41) is 4.07. The maximum Gasteiger partial charge on any atom is 0.272 e. The van der Waals surface area contributed by atoms with Crippen LogP contribution in [0.2, 0.25) is 0 Å². The molecule has 2 aromatic rings. The Balaban J connectivity index is 2.08. The molecule has 4 nitrogen and oxygen atoms in total. The van der Waals surface area contributed by atoms with Crippen LogP contribution in [0.1, 0.15) is 22.8 Å². The van der Waals surface area contributed by atoms with Gasteiger partial charge >= 0.3 is 0 Å². The highest BCUT2D eigenvalue weighted by Crippen LogP contribution is 2.09. The van der Waals surface area contributed by atoms with Crippen LogP contribution in [0.4, 0.5) is 0 Å². The lowest BCUT2D eigenvalue weighted by molar-refractivity contribution is 0.0954. The van der Waals surface area contributed by atoms with Crippen molar-refractivity contribution in [3.8, 4) is 0 Å². The third-order valence-corrected chi connectivity index (χ3v) is 2.92. The largest absolute Gasteiger partial charge is 0.272 e. The molecule has 0 spiro atoms. The van der Waals surface area contributed by atoms with Crippen molar-refractivity contribution >= 4 is 27.5 Å². The summed E-state index contributed by atoms with van der Waals surface area (Å²) >= 11 is 3.27. The molecule has 0 bridgehead atoms. The predicted octanol–water partition coefficient (Wildman–Crippen LogP) is 3.00. The molecule has 0 saturated carbocycles. The molecule has 2 rings (SSSR count). The normalized spacial score (nSPS) is 11.2. The van der Waals surface area contributed by atoms with Crippen LogP contribution in [-0.4, -0.2) is 16.6 Å². The van der Waals surface area contributed by atoms with Gasteiger partial charge in [0.25, 0.3) is 5.91 Å². The summed E-state index contributed by atoms with van der Waals surface area (Å²) < 4.78 is 0.754. The molecule has 19 heavy (non-hydrogen) atoms. The van der Waals surface area contributed by atoms with Crippen molar-refractivity contribution in [3.63, 3.8) is 0 Å². The van der Waals surface area contributed by atoms with E-state index in [-0.39, 0.29) is 5.91 Å². The predicted molar refractivity (Wildman–Crippen MR) is 78.1 cm³/mol. The molecule has 1 amide bonds. The van der Waals surface area contributed by atoms with E-state index in [0.717, 1.165) is 15.7 Å². The number of hydrogen-bond donors (Lipinski definition) is 1. The maximum absolute atomic E-state index is 11.9. The Labute approximate surface area is 119 Å². The molecule has 0 aliphatic rings. The van der Waals surface area contributed by atoms with Gasteiger partial charge in [-0.1, -0.05) is 30.3 Å². The Kier molecular flexibility index (Phi) is 4.41. The van der Waals surface area contributed by atoms with Gasteiger partial charge in [-0.05, 0) is 34.5 Å². The Morgan fingerprint density at radius 2 is 1.95 bits per heavy atom. The van der Waals surface area contributed by atoms with Gasteiger partial charge in [0.1, 0.15) is 0 Å². The number of nitrogens with one attached hydrogen (secondary N) is 1. The second-order valence-electron chi connectivity index (χ2n) is 3.90. The highest BCUT2D eigenvalue weighted by atomic mass is 79.9. The summed E-state index contributed by atoms with van der Waals surface area (Å²) in [6, 6.07) is 11.3. The molecular weight excluding hydrogens is 306 g/mol. The number of hydrazone groups is 1. The molecule has 0 fully saturated rings. The van der Waals surface area contributed by atoms with Crippen molar-refractivity contribution in [2.75, 3.05) is 0 Å². The summed E-state index contributed by atoms with van der Waals surface area (Å²) in [6.07, 6.45) is 3.11. The number of pyridine rings is 1. The van der Waals surface area contributed by atoms with E-state index in [2.05, 4.69) is 31.4 Å². The number of carbonyl (C=O) groups is 1. The van der Waals surface area contributed by atoms with Gasteiger partial charge in [-0.2, -0.15) is 5.10 Å². The van der Waals surface area contributed by atoms with Crippen LogP contribution in [-0.2, 0) is 0 Å². The van der Waals surface area contributed by atoms with E-state index in [1.54, 1.807) is 12.3 Å². The van der Waals surface area contributed by atoms with Gasteiger partial charge in [-0.15, -0.1) is 0 Å². The van der Waals surface area contributed by atoms with Crippen molar-refractivity contribution < 1.29 is 4.79 Å². The molecule has 0 unspecified atom stereocenters. The molecule has 0 radical (unpaired) electrons. The summed E-state index contributed by atoms with van der Waals surface area (Å²) in [4.78, 5) is 15.8. The second kappa shape index (κ2) is 6.24. The Morgan fingerprint density at radius 1 is 1.21 bits per heavy atom. The number of carbonyl (C=O) groups excluding carboxylic acids is 1. The van der Waals surface area contributed by atoms with Crippen LogP contribution in [0.15, 0.2) is 58.4 Å². The molecule has 0 aliphatic heterocycles. The molecule has 5 heteroatoms. The highest BCUT2D eigenvalue weighted by molar-refractivity contribution is 9.10. The lowest BCUT2D eigenvalue weighted by Gasteiger charge is -2.03. The van der Waals surface area contributed by atoms with Crippen molar-refractivity contribution in [1.82, 2.24) is 10.4 Å². The number of halogens is 1. The van der Waals surface area contributed by atoms with Gasteiger partial charge < -0.3 is 0 Å². The maximum atomic E-state index is 11.9. The van der Waals surface area contributed by atoms with Crippen LogP contribution < -0.4 is 5.43 Å². The average Bonchev–Trinajstić information content (AvgIpc) is 2.45. The third-order valence-electron chi connectivity index (χ3n) is 2.48. The van der Waals surface area contributed by atoms with Crippen molar-refractivity contribution in [1.29, 1.82) is 0 Å². The van der Waals surface area contributed by atoms with Gasteiger partial charge in [0.05, 0.1) is 11.3 Å². The first-order valence-electron chi connectivity index (χ1n) is 5.67. The quantitative estimate of drug-likeness (QED) is 0.699. The molecule has 1 N–H and O–H groups in total. The second-order valence-corrected chi connectivity index (χ2v) is 4.81. The molecule has 1 heterocycles. The first kappa shape index (κ1) is 13.4. The topological polar surface area (TPSA) is 54.4 Å². The zero-order chi connectivity index (χ0) is 13.7. The molecule has 0 saturated heterocycles. The number of aromatic nitrogens is 1. The number of benzene rings is 1. The Hall–Kier alpha value is -2.01. The van der Waals surface area contributed by atoms with E-state index in [9.17, 15) is 4.79 Å². The lowest BCUT2D eigenvalue weighted by Crippen LogP contribution is -2.19. The standard InChI is InChI=1S/C14H12BrN3O/c1-10(11-5-3-2-4-6-11)17-18-14(19)12-7-13(15)9-16-8-12/h2-9H,1H3,(H,18,19). The minimum Gasteiger partial charge on any atom is -0.267 e. The lowest BCUT2D eigenvalue weighted by atomic mass is 10.1. The average molecular weight is 318 g/mol. The van der Waals surface area contributed by atoms with E-state index in [1.807, 2.05) is 37.3 Å². The van der Waals surface area contributed by atoms with Crippen molar-refractivity contribution in [3.05, 3.63) is 64.4 Å². The third kappa shape index (κ3) is 3.72. The van der Waals surface area contributed by atoms with Crippen molar-refractivity contribution in [2.24, 2.45) is 5.10 Å². The first-order chi connectivity index (χ1) is 9.16. The smallest absolute Gasteiger partial charge is 0.267 e. The summed E-state index contributed by atoms with van der Waals surface area (Å²) in [5.74, 6) is -0.288. The van der Waals surface area contributed by atoms with Gasteiger partial charge in [0, 0.05) is 16.9 Å². The highest BCUT2D eigenvalue weighted by Gasteiger charge is 2.05. The van der Waals surface area contributed by atoms with Crippen molar-refractivity contribution in [2.45, 2.75) is 6.92 Å². The van der Waals surface area contributed by atoms with Crippen LogP contribution >= 0.6 is 15.9 Å². The fraction of sp³-hybridized carbons (Fsp3) is 0.0714. The van der Waals surface area contributed by atoms with Crippen LogP contribution in [0.3, 0.4) is 0 Å². The molecule has 1 aromatic carbocycles. The number of rotatable bonds is 3. The fourth-order valence-electron chi connectivity index (χ4n) is 1.48. The van der Waals surface area contributed by atoms with E-state index in [4.69, 9.17) is 0 Å². The molecule has 0 atom stereocenters. The minimum atomic E-state index is -0.288. The van der Waals surface area contributed by atoms with Gasteiger partial charge in [-0.25, -0.2) is 5.43 Å². The first-order valence-corrected chi connectivity index (χ1v) is 6.47. The number of nitrogens with zero attached hydrogens (tertiary/aromatic N) is 2. The zero-order valence-electron chi connectivity index (χ0n) is 10.3. The van der Waals surface area contributed by atoms with Gasteiger partial charge in [-0.3, -0.25) is 9.78 Å². The SMILES string of the molecule is CC(=NNC(=O)c1cncc(Br)c1)c1ccccc1. The van der Waals surface area contributed by atoms with Crippen LogP contribution in [0, 0.1) is 0 Å². The zero-order valence-corrected chi connectivity index (χ0v) is 11.9. The minimum absolute atomic E-state index is 0.288. The Morgan fingerprint density at radius 3 is 2.63 bits per heavy atom. The van der Waals surface area contributed by atoms with E-state index < -0.39 is 0 Å². The molecule has 0 aliphatic carbocycles. The summed E-state index contributed by atoms with van der Waals surface area (Å²) in [6.45, 7) is 1.84. The van der Waals surface area contributed by atoms with E-state index in [0.29, 0.717) is 5.56 Å². The monoisotopic (exact) mass is 317 g/mol. The van der Waals surface area contributed by atoms with Crippen LogP contribution in [0.5, 0.6) is 0 Å². The molecule has 1 aromatic heterocycles.